The van der Waals surface area contributed by atoms with Gasteiger partial charge in [0.05, 0.1) is 0 Å². The van der Waals surface area contributed by atoms with E-state index < -0.39 is 0 Å². The van der Waals surface area contributed by atoms with Gasteiger partial charge in [0.15, 0.2) is 0 Å². The smallest absolute Gasteiger partial charge is 0.131 e. The van der Waals surface area contributed by atoms with Crippen molar-refractivity contribution < 1.29 is 0 Å². The number of nitrogens with zero attached hydrogens (tertiary/aromatic N) is 2. The van der Waals surface area contributed by atoms with Crippen LogP contribution in [0.4, 0.5) is 0 Å². The molecule has 0 saturated heterocycles. The summed E-state index contributed by atoms with van der Waals surface area (Å²) in [6, 6.07) is 0. The summed E-state index contributed by atoms with van der Waals surface area (Å²) in [7, 11) is 0. The summed E-state index contributed by atoms with van der Waals surface area (Å²) >= 11 is 0. The van der Waals surface area contributed by atoms with Gasteiger partial charge in [0, 0.05) is 18.3 Å². The topological polar surface area (TPSA) is 25.8 Å². The average Bonchev–Trinajstić information content (AvgIpc) is 2.73. The molecule has 0 radical (unpaired) electrons. The second-order valence-electron chi connectivity index (χ2n) is 9.52. The fraction of sp³-hybridized carbons (Fsp3) is 0.840. The van der Waals surface area contributed by atoms with E-state index >= 15 is 0 Å². The lowest BCUT2D eigenvalue weighted by Gasteiger charge is -2.31. The Morgan fingerprint density at radius 2 is 1.22 bits per heavy atom. The third-order valence-corrected chi connectivity index (χ3v) is 7.40. The first kappa shape index (κ1) is 20.8. The third-order valence-electron chi connectivity index (χ3n) is 7.40. The van der Waals surface area contributed by atoms with E-state index in [0.717, 1.165) is 30.0 Å². The van der Waals surface area contributed by atoms with Crippen molar-refractivity contribution in [3.8, 4) is 0 Å². The lowest BCUT2D eigenvalue weighted by Crippen LogP contribution is -2.18. The summed E-state index contributed by atoms with van der Waals surface area (Å²) < 4.78 is 0. The fourth-order valence-corrected chi connectivity index (χ4v) is 5.48. The van der Waals surface area contributed by atoms with Crippen molar-refractivity contribution in [1.82, 2.24) is 9.97 Å². The molecule has 1 heterocycles. The van der Waals surface area contributed by atoms with Crippen molar-refractivity contribution in [2.75, 3.05) is 0 Å². The fourth-order valence-electron chi connectivity index (χ4n) is 5.48. The van der Waals surface area contributed by atoms with Crippen LogP contribution in [-0.4, -0.2) is 9.97 Å². The van der Waals surface area contributed by atoms with Crippen molar-refractivity contribution in [3.05, 3.63) is 23.8 Å². The van der Waals surface area contributed by atoms with Crippen molar-refractivity contribution in [3.63, 3.8) is 0 Å². The van der Waals surface area contributed by atoms with Gasteiger partial charge < -0.3 is 0 Å². The molecule has 3 rings (SSSR count). The van der Waals surface area contributed by atoms with Gasteiger partial charge in [0.2, 0.25) is 0 Å². The number of hydrogen-bond donors (Lipinski definition) is 0. The van der Waals surface area contributed by atoms with Crippen LogP contribution in [0.25, 0.3) is 0 Å². The van der Waals surface area contributed by atoms with Gasteiger partial charge in [-0.1, -0.05) is 71.6 Å². The minimum atomic E-state index is 0.617. The molecule has 1 aromatic heterocycles. The van der Waals surface area contributed by atoms with E-state index in [2.05, 4.69) is 26.2 Å². The van der Waals surface area contributed by atoms with Gasteiger partial charge in [0.25, 0.3) is 0 Å². The molecule has 2 saturated carbocycles. The van der Waals surface area contributed by atoms with Crippen LogP contribution in [0.15, 0.2) is 12.4 Å². The molecule has 0 unspecified atom stereocenters. The highest BCUT2D eigenvalue weighted by Gasteiger charge is 2.26. The highest BCUT2D eigenvalue weighted by molar-refractivity contribution is 5.08. The van der Waals surface area contributed by atoms with E-state index in [1.54, 1.807) is 0 Å². The van der Waals surface area contributed by atoms with Crippen LogP contribution in [0.2, 0.25) is 0 Å². The molecule has 0 aromatic carbocycles. The standard InChI is InChI=1S/C25H42N2/c1-3-5-7-23-18-26-25(27-19-23)24-16-14-22(15-17-24)13-12-21-10-8-20(6-4-2)9-11-21/h18-22,24H,3-17H2,1-2H3/t20-,21-,22?,24?. The molecule has 2 nitrogen and oxygen atoms in total. The van der Waals surface area contributed by atoms with Crippen LogP contribution in [0.5, 0.6) is 0 Å². The first-order valence-corrected chi connectivity index (χ1v) is 12.1. The number of hydrogen-bond acceptors (Lipinski definition) is 2. The van der Waals surface area contributed by atoms with Gasteiger partial charge in [-0.2, -0.15) is 0 Å². The molecule has 2 aliphatic carbocycles. The number of rotatable bonds is 9. The van der Waals surface area contributed by atoms with Crippen molar-refractivity contribution in [2.24, 2.45) is 17.8 Å². The molecule has 0 spiro atoms. The van der Waals surface area contributed by atoms with Gasteiger partial charge in [-0.05, 0) is 61.8 Å². The van der Waals surface area contributed by atoms with Crippen LogP contribution in [-0.2, 0) is 6.42 Å². The zero-order valence-corrected chi connectivity index (χ0v) is 18.0. The van der Waals surface area contributed by atoms with Crippen LogP contribution in [0.1, 0.15) is 121 Å². The van der Waals surface area contributed by atoms with E-state index in [1.165, 1.54) is 95.5 Å². The second kappa shape index (κ2) is 11.2. The molecule has 0 bridgehead atoms. The maximum absolute atomic E-state index is 4.71. The summed E-state index contributed by atoms with van der Waals surface area (Å²) in [5.74, 6) is 4.79. The van der Waals surface area contributed by atoms with E-state index in [9.17, 15) is 0 Å². The Hall–Kier alpha value is -0.920. The van der Waals surface area contributed by atoms with Crippen molar-refractivity contribution in [1.29, 1.82) is 0 Å². The highest BCUT2D eigenvalue weighted by Crippen LogP contribution is 2.39. The monoisotopic (exact) mass is 370 g/mol. The molecule has 2 aliphatic rings. The molecule has 27 heavy (non-hydrogen) atoms. The Kier molecular flexibility index (Phi) is 8.61. The Morgan fingerprint density at radius 1 is 0.704 bits per heavy atom. The second-order valence-corrected chi connectivity index (χ2v) is 9.52. The Balaban J connectivity index is 1.34. The normalized spacial score (nSPS) is 29.0. The Bertz CT molecular complexity index is 508. The van der Waals surface area contributed by atoms with Crippen LogP contribution in [0, 0.1) is 17.8 Å². The lowest BCUT2D eigenvalue weighted by atomic mass is 9.75. The maximum Gasteiger partial charge on any atom is 0.131 e. The molecule has 0 N–H and O–H groups in total. The Morgan fingerprint density at radius 3 is 1.74 bits per heavy atom. The minimum Gasteiger partial charge on any atom is -0.241 e. The van der Waals surface area contributed by atoms with Gasteiger partial charge in [0.1, 0.15) is 5.82 Å². The van der Waals surface area contributed by atoms with Gasteiger partial charge in [-0.15, -0.1) is 0 Å². The summed E-state index contributed by atoms with van der Waals surface area (Å²) in [5.41, 5.74) is 1.31. The molecular formula is C25H42N2. The van der Waals surface area contributed by atoms with E-state index in [1.807, 2.05) is 0 Å². The van der Waals surface area contributed by atoms with Gasteiger partial charge in [-0.25, -0.2) is 9.97 Å². The zero-order valence-electron chi connectivity index (χ0n) is 18.0. The summed E-state index contributed by atoms with van der Waals surface area (Å²) in [6.07, 6.45) is 25.1. The molecule has 2 heteroatoms. The van der Waals surface area contributed by atoms with Gasteiger partial charge in [-0.3, -0.25) is 0 Å². The molecule has 1 aromatic rings. The largest absolute Gasteiger partial charge is 0.241 e. The predicted octanol–water partition coefficient (Wildman–Crippen LogP) is 7.48. The molecule has 2 fully saturated rings. The molecular weight excluding hydrogens is 328 g/mol. The summed E-state index contributed by atoms with van der Waals surface area (Å²) in [5, 5.41) is 0. The molecule has 0 atom stereocenters. The third kappa shape index (κ3) is 6.57. The quantitative estimate of drug-likeness (QED) is 0.450. The van der Waals surface area contributed by atoms with Crippen molar-refractivity contribution >= 4 is 0 Å². The van der Waals surface area contributed by atoms with Crippen LogP contribution >= 0.6 is 0 Å². The zero-order chi connectivity index (χ0) is 18.9. The maximum atomic E-state index is 4.71. The first-order chi connectivity index (χ1) is 13.3. The molecule has 0 aliphatic heterocycles. The average molecular weight is 371 g/mol. The minimum absolute atomic E-state index is 0.617. The predicted molar refractivity (Wildman–Crippen MR) is 115 cm³/mol. The van der Waals surface area contributed by atoms with Crippen molar-refractivity contribution in [2.45, 2.75) is 116 Å². The molecule has 152 valence electrons. The molecule has 0 amide bonds. The van der Waals surface area contributed by atoms with Crippen LogP contribution < -0.4 is 0 Å². The number of aryl methyl sites for hydroxylation is 1. The lowest BCUT2D eigenvalue weighted by molar-refractivity contribution is 0.223. The van der Waals surface area contributed by atoms with Crippen LogP contribution in [0.3, 0.4) is 0 Å². The summed E-state index contributed by atoms with van der Waals surface area (Å²) in [6.45, 7) is 4.58. The summed E-state index contributed by atoms with van der Waals surface area (Å²) in [4.78, 5) is 9.42. The number of unbranched alkanes of at least 4 members (excludes halogenated alkanes) is 1. The SMILES string of the molecule is CCCCc1cnc(C2CCC(CC[C@H]3CC[C@H](CCC)CC3)CC2)nc1. The first-order valence-electron chi connectivity index (χ1n) is 12.1. The van der Waals surface area contributed by atoms with E-state index in [0.29, 0.717) is 5.92 Å². The van der Waals surface area contributed by atoms with E-state index in [4.69, 9.17) is 9.97 Å². The highest BCUT2D eigenvalue weighted by atomic mass is 14.9. The van der Waals surface area contributed by atoms with E-state index in [-0.39, 0.29) is 0 Å². The number of aromatic nitrogens is 2. The Labute approximate surface area is 168 Å². The van der Waals surface area contributed by atoms with Gasteiger partial charge >= 0.3 is 0 Å².